The van der Waals surface area contributed by atoms with E-state index in [1.807, 2.05) is 19.9 Å². The van der Waals surface area contributed by atoms with Gasteiger partial charge in [0.2, 0.25) is 5.82 Å². The number of rotatable bonds is 3. The number of hydrogen-bond donors (Lipinski definition) is 3. The summed E-state index contributed by atoms with van der Waals surface area (Å²) in [6, 6.07) is 1.81. The van der Waals surface area contributed by atoms with Crippen LogP contribution < -0.4 is 5.32 Å². The molecule has 0 aliphatic carbocycles. The molecule has 0 unspecified atom stereocenters. The molecule has 0 bridgehead atoms. The van der Waals surface area contributed by atoms with E-state index in [0.717, 1.165) is 5.69 Å². The van der Waals surface area contributed by atoms with Crippen molar-refractivity contribution in [1.29, 1.82) is 0 Å². The second-order valence-corrected chi connectivity index (χ2v) is 6.07. The second kappa shape index (κ2) is 5.07. The predicted molar refractivity (Wildman–Crippen MR) is 75.7 cm³/mol. The van der Waals surface area contributed by atoms with Crippen LogP contribution in [-0.2, 0) is 5.41 Å². The number of nitrogens with one attached hydrogen (secondary N) is 3. The van der Waals surface area contributed by atoms with Crippen LogP contribution in [0.5, 0.6) is 0 Å². The molecule has 7 nitrogen and oxygen atoms in total. The van der Waals surface area contributed by atoms with Gasteiger partial charge in [-0.05, 0) is 0 Å². The maximum absolute atomic E-state index is 12.0. The van der Waals surface area contributed by atoms with Crippen LogP contribution in [0, 0.1) is 0 Å². The first-order valence-corrected chi connectivity index (χ1v) is 6.57. The molecule has 0 aliphatic heterocycles. The average Bonchev–Trinajstić information content (AvgIpc) is 2.95. The predicted octanol–water partition coefficient (Wildman–Crippen LogP) is 2.20. The van der Waals surface area contributed by atoms with Gasteiger partial charge < -0.3 is 5.32 Å². The summed E-state index contributed by atoms with van der Waals surface area (Å²) < 4.78 is 0. The Labute approximate surface area is 117 Å². The van der Waals surface area contributed by atoms with Gasteiger partial charge in [0, 0.05) is 23.1 Å². The van der Waals surface area contributed by atoms with Crippen molar-refractivity contribution in [2.24, 2.45) is 0 Å². The van der Waals surface area contributed by atoms with Gasteiger partial charge in [-0.25, -0.2) is 4.98 Å². The standard InChI is InChI=1S/C13H20N6O/c1-7(2)10-15-11(19-18-10)12(20)14-9-6-8(16-17-9)13(3,4)5/h6-7H,1-5H3,(H,15,18,19)(H2,14,16,17,20). The minimum atomic E-state index is -0.375. The number of hydrogen-bond acceptors (Lipinski definition) is 4. The number of H-pyrrole nitrogens is 2. The van der Waals surface area contributed by atoms with Gasteiger partial charge in [0.25, 0.3) is 5.91 Å². The number of carbonyl (C=O) groups is 1. The molecule has 0 saturated heterocycles. The minimum absolute atomic E-state index is 0.0502. The van der Waals surface area contributed by atoms with Crippen LogP contribution >= 0.6 is 0 Å². The lowest BCUT2D eigenvalue weighted by Gasteiger charge is -2.14. The maximum Gasteiger partial charge on any atom is 0.296 e. The van der Waals surface area contributed by atoms with E-state index in [1.165, 1.54) is 0 Å². The Hall–Kier alpha value is -2.18. The molecule has 2 rings (SSSR count). The Bertz CT molecular complexity index is 604. The van der Waals surface area contributed by atoms with E-state index in [1.54, 1.807) is 0 Å². The number of amides is 1. The van der Waals surface area contributed by atoms with Gasteiger partial charge in [0.05, 0.1) is 0 Å². The minimum Gasteiger partial charge on any atom is -0.302 e. The first-order valence-electron chi connectivity index (χ1n) is 6.57. The molecule has 0 fully saturated rings. The van der Waals surface area contributed by atoms with Crippen LogP contribution in [0.2, 0.25) is 0 Å². The lowest BCUT2D eigenvalue weighted by Crippen LogP contribution is -2.14. The monoisotopic (exact) mass is 276 g/mol. The van der Waals surface area contributed by atoms with Crippen LogP contribution in [0.1, 0.15) is 62.7 Å². The Morgan fingerprint density at radius 3 is 2.45 bits per heavy atom. The molecular weight excluding hydrogens is 256 g/mol. The number of nitrogens with zero attached hydrogens (tertiary/aromatic N) is 3. The molecular formula is C13H20N6O. The fraction of sp³-hybridized carbons (Fsp3) is 0.538. The lowest BCUT2D eigenvalue weighted by atomic mass is 9.92. The number of anilines is 1. The zero-order chi connectivity index (χ0) is 14.9. The summed E-state index contributed by atoms with van der Waals surface area (Å²) in [6.07, 6.45) is 0. The highest BCUT2D eigenvalue weighted by molar-refractivity contribution is 6.00. The Morgan fingerprint density at radius 2 is 1.95 bits per heavy atom. The van der Waals surface area contributed by atoms with E-state index in [9.17, 15) is 4.79 Å². The quantitative estimate of drug-likeness (QED) is 0.800. The van der Waals surface area contributed by atoms with Crippen molar-refractivity contribution in [2.75, 3.05) is 5.32 Å². The summed E-state index contributed by atoms with van der Waals surface area (Å²) in [5.41, 5.74) is 0.899. The highest BCUT2D eigenvalue weighted by Gasteiger charge is 2.19. The average molecular weight is 276 g/mol. The Kier molecular flexibility index (Phi) is 3.61. The zero-order valence-electron chi connectivity index (χ0n) is 12.4. The van der Waals surface area contributed by atoms with Gasteiger partial charge in [-0.1, -0.05) is 34.6 Å². The van der Waals surface area contributed by atoms with Gasteiger partial charge in [0.15, 0.2) is 5.82 Å². The van der Waals surface area contributed by atoms with Gasteiger partial charge in [-0.2, -0.15) is 5.10 Å². The molecule has 0 spiro atoms. The second-order valence-electron chi connectivity index (χ2n) is 6.07. The van der Waals surface area contributed by atoms with E-state index >= 15 is 0 Å². The highest BCUT2D eigenvalue weighted by Crippen LogP contribution is 2.22. The van der Waals surface area contributed by atoms with Crippen LogP contribution in [0.15, 0.2) is 6.07 Å². The summed E-state index contributed by atoms with van der Waals surface area (Å²) in [6.45, 7) is 10.2. The summed E-state index contributed by atoms with van der Waals surface area (Å²) >= 11 is 0. The first kappa shape index (κ1) is 14.2. The molecule has 1 amide bonds. The highest BCUT2D eigenvalue weighted by atomic mass is 16.2. The largest absolute Gasteiger partial charge is 0.302 e. The van der Waals surface area contributed by atoms with Crippen molar-refractivity contribution in [1.82, 2.24) is 25.4 Å². The van der Waals surface area contributed by atoms with Crippen molar-refractivity contribution < 1.29 is 4.79 Å². The molecule has 0 radical (unpaired) electrons. The molecule has 2 heterocycles. The van der Waals surface area contributed by atoms with Gasteiger partial charge in [-0.3, -0.25) is 15.0 Å². The zero-order valence-corrected chi connectivity index (χ0v) is 12.4. The third kappa shape index (κ3) is 3.04. The SMILES string of the molecule is CC(C)c1nc(C(=O)Nc2cc(C(C)(C)C)[nH]n2)n[nH]1. The number of aromatic amines is 2. The van der Waals surface area contributed by atoms with E-state index in [-0.39, 0.29) is 23.1 Å². The summed E-state index contributed by atoms with van der Waals surface area (Å²) in [5.74, 6) is 1.10. The van der Waals surface area contributed by atoms with Gasteiger partial charge in [0.1, 0.15) is 5.82 Å². The van der Waals surface area contributed by atoms with Crippen LogP contribution in [-0.4, -0.2) is 31.3 Å². The van der Waals surface area contributed by atoms with Crippen LogP contribution in [0.4, 0.5) is 5.82 Å². The molecule has 2 aromatic heterocycles. The summed E-state index contributed by atoms with van der Waals surface area (Å²) in [7, 11) is 0. The van der Waals surface area contributed by atoms with E-state index < -0.39 is 0 Å². The lowest BCUT2D eigenvalue weighted by molar-refractivity contribution is 0.101. The Morgan fingerprint density at radius 1 is 1.25 bits per heavy atom. The molecule has 2 aromatic rings. The van der Waals surface area contributed by atoms with Crippen molar-refractivity contribution in [3.8, 4) is 0 Å². The van der Waals surface area contributed by atoms with Crippen molar-refractivity contribution >= 4 is 11.7 Å². The van der Waals surface area contributed by atoms with Crippen LogP contribution in [0.3, 0.4) is 0 Å². The van der Waals surface area contributed by atoms with Crippen molar-refractivity contribution in [2.45, 2.75) is 46.0 Å². The van der Waals surface area contributed by atoms with E-state index in [0.29, 0.717) is 11.6 Å². The molecule has 0 aromatic carbocycles. The summed E-state index contributed by atoms with van der Waals surface area (Å²) in [5, 5.41) is 16.3. The van der Waals surface area contributed by atoms with E-state index in [4.69, 9.17) is 0 Å². The normalized spacial score (nSPS) is 11.9. The molecule has 0 saturated carbocycles. The smallest absolute Gasteiger partial charge is 0.296 e. The van der Waals surface area contributed by atoms with Gasteiger partial charge in [-0.15, -0.1) is 5.10 Å². The third-order valence-electron chi connectivity index (χ3n) is 2.88. The molecule has 108 valence electrons. The fourth-order valence-electron chi connectivity index (χ4n) is 1.58. The molecule has 20 heavy (non-hydrogen) atoms. The summed E-state index contributed by atoms with van der Waals surface area (Å²) in [4.78, 5) is 16.1. The first-order chi connectivity index (χ1) is 9.27. The van der Waals surface area contributed by atoms with E-state index in [2.05, 4.69) is 51.5 Å². The Balaban J connectivity index is 2.09. The molecule has 7 heteroatoms. The third-order valence-corrected chi connectivity index (χ3v) is 2.88. The molecule has 0 atom stereocenters. The molecule has 3 N–H and O–H groups in total. The number of aromatic nitrogens is 5. The fourth-order valence-corrected chi connectivity index (χ4v) is 1.58. The molecule has 0 aliphatic rings. The maximum atomic E-state index is 12.0. The van der Waals surface area contributed by atoms with Crippen molar-refractivity contribution in [3.05, 3.63) is 23.4 Å². The van der Waals surface area contributed by atoms with Crippen LogP contribution in [0.25, 0.3) is 0 Å². The number of carbonyl (C=O) groups excluding carboxylic acids is 1. The van der Waals surface area contributed by atoms with Crippen molar-refractivity contribution in [3.63, 3.8) is 0 Å². The van der Waals surface area contributed by atoms with Gasteiger partial charge >= 0.3 is 0 Å². The topological polar surface area (TPSA) is 99.3 Å².